The highest BCUT2D eigenvalue weighted by Crippen LogP contribution is 2.15. The smallest absolute Gasteiger partial charge is 0.407 e. The zero-order valence-electron chi connectivity index (χ0n) is 11.1. The van der Waals surface area contributed by atoms with E-state index in [9.17, 15) is 18.0 Å². The van der Waals surface area contributed by atoms with Gasteiger partial charge in [-0.15, -0.1) is 0 Å². The van der Waals surface area contributed by atoms with Crippen molar-refractivity contribution in [2.45, 2.75) is 18.9 Å². The molecule has 0 spiro atoms. The summed E-state index contributed by atoms with van der Waals surface area (Å²) >= 11 is 0. The van der Waals surface area contributed by atoms with Crippen molar-refractivity contribution >= 4 is 22.3 Å². The maximum absolute atomic E-state index is 11.1. The summed E-state index contributed by atoms with van der Waals surface area (Å²) < 4.78 is 26.1. The second kappa shape index (κ2) is 6.75. The Labute approximate surface area is 116 Å². The van der Waals surface area contributed by atoms with Gasteiger partial charge < -0.3 is 20.0 Å². The van der Waals surface area contributed by atoms with Gasteiger partial charge >= 0.3 is 12.2 Å². The summed E-state index contributed by atoms with van der Waals surface area (Å²) in [5.74, 6) is 0. The molecule has 0 bridgehead atoms. The van der Waals surface area contributed by atoms with Crippen LogP contribution in [0, 0.1) is 0 Å². The number of hydrogen-bond donors (Lipinski definition) is 2. The monoisotopic (exact) mass is 310 g/mol. The van der Waals surface area contributed by atoms with Crippen LogP contribution >= 0.6 is 0 Å². The quantitative estimate of drug-likeness (QED) is 0.544. The molecule has 10 heteroatoms. The van der Waals surface area contributed by atoms with Gasteiger partial charge in [0.05, 0.1) is 18.9 Å². The summed E-state index contributed by atoms with van der Waals surface area (Å²) in [6.07, 6.45) is -0.597. The Kier molecular flexibility index (Phi) is 5.57. The SMILES string of the molecule is CS(=O)(=O)OCCC[C@@H]1CN(C(=O)O)CCN1C(=O)O. The predicted octanol–water partition coefficient (Wildman–Crippen LogP) is 0.0850. The van der Waals surface area contributed by atoms with Gasteiger partial charge in [0.2, 0.25) is 0 Å². The zero-order chi connectivity index (χ0) is 15.3. The van der Waals surface area contributed by atoms with E-state index in [4.69, 9.17) is 10.2 Å². The van der Waals surface area contributed by atoms with Gasteiger partial charge in [-0.1, -0.05) is 0 Å². The molecule has 0 aromatic rings. The molecule has 1 saturated heterocycles. The first-order valence-electron chi connectivity index (χ1n) is 6.02. The van der Waals surface area contributed by atoms with Gasteiger partial charge in [0.1, 0.15) is 0 Å². The minimum absolute atomic E-state index is 0.0458. The van der Waals surface area contributed by atoms with Crippen molar-refractivity contribution in [3.05, 3.63) is 0 Å². The molecule has 0 radical (unpaired) electrons. The number of amides is 2. The molecule has 20 heavy (non-hydrogen) atoms. The number of rotatable bonds is 5. The molecule has 1 rings (SSSR count). The predicted molar refractivity (Wildman–Crippen MR) is 68.1 cm³/mol. The van der Waals surface area contributed by atoms with Gasteiger partial charge in [-0.25, -0.2) is 9.59 Å². The summed E-state index contributed by atoms with van der Waals surface area (Å²) in [5.41, 5.74) is 0. The molecule has 0 unspecified atom stereocenters. The van der Waals surface area contributed by atoms with Crippen molar-refractivity contribution in [3.63, 3.8) is 0 Å². The number of nitrogens with zero attached hydrogens (tertiary/aromatic N) is 2. The summed E-state index contributed by atoms with van der Waals surface area (Å²) in [4.78, 5) is 24.3. The Balaban J connectivity index is 2.52. The Hall–Kier alpha value is -1.55. The number of carboxylic acid groups (broad SMARTS) is 2. The molecule has 1 aliphatic heterocycles. The van der Waals surface area contributed by atoms with Gasteiger partial charge in [0, 0.05) is 19.6 Å². The third-order valence-electron chi connectivity index (χ3n) is 2.98. The molecule has 2 amide bonds. The molecular weight excluding hydrogens is 292 g/mol. The third kappa shape index (κ3) is 5.21. The van der Waals surface area contributed by atoms with Crippen LogP contribution in [0.4, 0.5) is 9.59 Å². The summed E-state index contributed by atoms with van der Waals surface area (Å²) in [6, 6.07) is -0.486. The van der Waals surface area contributed by atoms with Crippen LogP contribution in [0.25, 0.3) is 0 Å². The van der Waals surface area contributed by atoms with Crippen molar-refractivity contribution in [2.75, 3.05) is 32.5 Å². The first-order valence-corrected chi connectivity index (χ1v) is 7.84. The van der Waals surface area contributed by atoms with Crippen LogP contribution in [0.2, 0.25) is 0 Å². The third-order valence-corrected chi connectivity index (χ3v) is 3.57. The number of piperazine rings is 1. The molecule has 0 saturated carbocycles. The van der Waals surface area contributed by atoms with Crippen molar-refractivity contribution in [3.8, 4) is 0 Å². The maximum atomic E-state index is 11.1. The van der Waals surface area contributed by atoms with Crippen LogP contribution in [0.3, 0.4) is 0 Å². The average Bonchev–Trinajstić information content (AvgIpc) is 2.33. The van der Waals surface area contributed by atoms with Crippen LogP contribution < -0.4 is 0 Å². The van der Waals surface area contributed by atoms with E-state index in [-0.39, 0.29) is 26.2 Å². The topological polar surface area (TPSA) is 124 Å². The highest BCUT2D eigenvalue weighted by atomic mass is 32.2. The summed E-state index contributed by atoms with van der Waals surface area (Å²) in [5, 5.41) is 18.0. The molecule has 1 atom stereocenters. The van der Waals surface area contributed by atoms with E-state index >= 15 is 0 Å². The Bertz CT molecular complexity index is 464. The van der Waals surface area contributed by atoms with Crippen LogP contribution in [-0.2, 0) is 14.3 Å². The van der Waals surface area contributed by atoms with Crippen LogP contribution in [0.15, 0.2) is 0 Å². The van der Waals surface area contributed by atoms with E-state index in [0.29, 0.717) is 12.8 Å². The highest BCUT2D eigenvalue weighted by Gasteiger charge is 2.31. The van der Waals surface area contributed by atoms with Crippen molar-refractivity contribution in [1.29, 1.82) is 0 Å². The van der Waals surface area contributed by atoms with E-state index in [1.165, 1.54) is 4.90 Å². The normalized spacial score (nSPS) is 19.9. The van der Waals surface area contributed by atoms with Gasteiger partial charge in [-0.05, 0) is 12.8 Å². The second-order valence-corrected chi connectivity index (χ2v) is 6.17. The summed E-state index contributed by atoms with van der Waals surface area (Å²) in [6.45, 7) is 0.285. The fourth-order valence-electron chi connectivity index (χ4n) is 2.06. The van der Waals surface area contributed by atoms with Crippen LogP contribution in [-0.4, -0.2) is 79.2 Å². The van der Waals surface area contributed by atoms with E-state index < -0.39 is 28.3 Å². The van der Waals surface area contributed by atoms with E-state index in [2.05, 4.69) is 4.18 Å². The van der Waals surface area contributed by atoms with Gasteiger partial charge in [0.25, 0.3) is 10.1 Å². The molecular formula is C10H18N2O7S. The van der Waals surface area contributed by atoms with Crippen LogP contribution in [0.5, 0.6) is 0 Å². The lowest BCUT2D eigenvalue weighted by molar-refractivity contribution is 0.0592. The molecule has 2 N–H and O–H groups in total. The van der Waals surface area contributed by atoms with Crippen molar-refractivity contribution in [2.24, 2.45) is 0 Å². The fraction of sp³-hybridized carbons (Fsp3) is 0.800. The lowest BCUT2D eigenvalue weighted by Crippen LogP contribution is -2.56. The van der Waals surface area contributed by atoms with E-state index in [1.807, 2.05) is 0 Å². The molecule has 0 aromatic carbocycles. The Morgan fingerprint density at radius 3 is 2.40 bits per heavy atom. The lowest BCUT2D eigenvalue weighted by Gasteiger charge is -2.38. The highest BCUT2D eigenvalue weighted by molar-refractivity contribution is 7.85. The molecule has 1 heterocycles. The average molecular weight is 310 g/mol. The van der Waals surface area contributed by atoms with Crippen molar-refractivity contribution in [1.82, 2.24) is 9.80 Å². The lowest BCUT2D eigenvalue weighted by atomic mass is 10.1. The first kappa shape index (κ1) is 16.5. The van der Waals surface area contributed by atoms with E-state index in [0.717, 1.165) is 11.2 Å². The standard InChI is InChI=1S/C10H18N2O7S/c1-20(17,18)19-6-2-3-8-7-11(9(13)14)4-5-12(8)10(15)16/h8H,2-7H2,1H3,(H,13,14)(H,15,16)/t8-/m1/s1. The number of carbonyl (C=O) groups is 2. The number of hydrogen-bond acceptors (Lipinski definition) is 5. The summed E-state index contributed by atoms with van der Waals surface area (Å²) in [7, 11) is -3.52. The largest absolute Gasteiger partial charge is 0.465 e. The maximum Gasteiger partial charge on any atom is 0.407 e. The van der Waals surface area contributed by atoms with Gasteiger partial charge in [-0.2, -0.15) is 8.42 Å². The molecule has 0 aromatic heterocycles. The minimum atomic E-state index is -3.52. The molecule has 9 nitrogen and oxygen atoms in total. The van der Waals surface area contributed by atoms with E-state index in [1.54, 1.807) is 0 Å². The first-order chi connectivity index (χ1) is 9.20. The second-order valence-electron chi connectivity index (χ2n) is 4.53. The van der Waals surface area contributed by atoms with Gasteiger partial charge in [0.15, 0.2) is 0 Å². The zero-order valence-corrected chi connectivity index (χ0v) is 11.9. The van der Waals surface area contributed by atoms with Crippen molar-refractivity contribution < 1.29 is 32.4 Å². The Morgan fingerprint density at radius 1 is 1.25 bits per heavy atom. The fourth-order valence-corrected chi connectivity index (χ4v) is 2.48. The van der Waals surface area contributed by atoms with Crippen LogP contribution in [0.1, 0.15) is 12.8 Å². The van der Waals surface area contributed by atoms with Gasteiger partial charge in [-0.3, -0.25) is 4.18 Å². The molecule has 1 aliphatic rings. The molecule has 0 aliphatic carbocycles. The molecule has 1 fully saturated rings. The Morgan fingerprint density at radius 2 is 1.90 bits per heavy atom. The minimum Gasteiger partial charge on any atom is -0.465 e. The molecule has 116 valence electrons.